The van der Waals surface area contributed by atoms with E-state index in [0.29, 0.717) is 5.69 Å². The SMILES string of the molecule is COC(=O)NCCC(=O)c1cccc(C)n1. The Bertz CT molecular complexity index is 391. The van der Waals surface area contributed by atoms with Crippen molar-refractivity contribution in [2.24, 2.45) is 0 Å². The van der Waals surface area contributed by atoms with Crippen molar-refractivity contribution in [3.8, 4) is 0 Å². The highest BCUT2D eigenvalue weighted by molar-refractivity contribution is 5.94. The van der Waals surface area contributed by atoms with Crippen molar-refractivity contribution in [1.29, 1.82) is 0 Å². The largest absolute Gasteiger partial charge is 0.453 e. The molecule has 0 saturated carbocycles. The molecule has 1 aromatic rings. The molecule has 0 spiro atoms. The summed E-state index contributed by atoms with van der Waals surface area (Å²) in [5.41, 5.74) is 1.22. The smallest absolute Gasteiger partial charge is 0.406 e. The van der Waals surface area contributed by atoms with Crippen LogP contribution in [0.3, 0.4) is 0 Å². The Balaban J connectivity index is 2.44. The number of carbonyl (C=O) groups excluding carboxylic acids is 2. The van der Waals surface area contributed by atoms with Gasteiger partial charge in [-0.15, -0.1) is 0 Å². The van der Waals surface area contributed by atoms with Crippen LogP contribution in [0.25, 0.3) is 0 Å². The van der Waals surface area contributed by atoms with Gasteiger partial charge in [0.2, 0.25) is 0 Å². The topological polar surface area (TPSA) is 68.3 Å². The molecule has 0 unspecified atom stereocenters. The molecule has 0 aromatic carbocycles. The van der Waals surface area contributed by atoms with Crippen molar-refractivity contribution in [1.82, 2.24) is 10.3 Å². The van der Waals surface area contributed by atoms with Crippen LogP contribution in [0.5, 0.6) is 0 Å². The fourth-order valence-corrected chi connectivity index (χ4v) is 1.18. The van der Waals surface area contributed by atoms with E-state index in [4.69, 9.17) is 0 Å². The summed E-state index contributed by atoms with van der Waals surface area (Å²) in [6.45, 7) is 2.07. The number of nitrogens with one attached hydrogen (secondary N) is 1. The van der Waals surface area contributed by atoms with Crippen LogP contribution >= 0.6 is 0 Å². The summed E-state index contributed by atoms with van der Waals surface area (Å²) in [6.07, 6.45) is -0.323. The summed E-state index contributed by atoms with van der Waals surface area (Å²) in [5, 5.41) is 2.44. The van der Waals surface area contributed by atoms with Crippen molar-refractivity contribution in [2.45, 2.75) is 13.3 Å². The van der Waals surface area contributed by atoms with Crippen molar-refractivity contribution in [3.05, 3.63) is 29.6 Å². The highest BCUT2D eigenvalue weighted by Crippen LogP contribution is 2.01. The summed E-state index contributed by atoms with van der Waals surface area (Å²) in [5.74, 6) is -0.0971. The van der Waals surface area contributed by atoms with Gasteiger partial charge in [-0.25, -0.2) is 4.79 Å². The maximum atomic E-state index is 11.6. The predicted molar refractivity (Wildman–Crippen MR) is 58.3 cm³/mol. The van der Waals surface area contributed by atoms with Crippen LogP contribution in [0.15, 0.2) is 18.2 Å². The Morgan fingerprint density at radius 3 is 2.81 bits per heavy atom. The molecule has 0 bridgehead atoms. The number of pyridine rings is 1. The lowest BCUT2D eigenvalue weighted by atomic mass is 10.2. The van der Waals surface area contributed by atoms with Crippen molar-refractivity contribution < 1.29 is 14.3 Å². The Morgan fingerprint density at radius 2 is 2.19 bits per heavy atom. The maximum absolute atomic E-state index is 11.6. The number of aromatic nitrogens is 1. The van der Waals surface area contributed by atoms with Crippen LogP contribution in [0.1, 0.15) is 22.6 Å². The Kier molecular flexibility index (Phi) is 4.44. The molecule has 1 rings (SSSR count). The maximum Gasteiger partial charge on any atom is 0.406 e. The van der Waals surface area contributed by atoms with E-state index in [0.717, 1.165) is 5.69 Å². The second kappa shape index (κ2) is 5.85. The minimum Gasteiger partial charge on any atom is -0.453 e. The number of alkyl carbamates (subject to hydrolysis) is 1. The molecule has 1 amide bonds. The van der Waals surface area contributed by atoms with Crippen LogP contribution < -0.4 is 5.32 Å². The molecule has 0 aliphatic heterocycles. The highest BCUT2D eigenvalue weighted by Gasteiger charge is 2.07. The lowest BCUT2D eigenvalue weighted by Crippen LogP contribution is -2.25. The molecular weight excluding hydrogens is 208 g/mol. The zero-order valence-electron chi connectivity index (χ0n) is 9.32. The number of nitrogens with zero attached hydrogens (tertiary/aromatic N) is 1. The first-order valence-corrected chi connectivity index (χ1v) is 4.92. The van der Waals surface area contributed by atoms with E-state index in [1.165, 1.54) is 7.11 Å². The van der Waals surface area contributed by atoms with Crippen LogP contribution in [-0.4, -0.2) is 30.5 Å². The number of amides is 1. The molecule has 86 valence electrons. The number of rotatable bonds is 4. The van der Waals surface area contributed by atoms with Gasteiger partial charge in [-0.05, 0) is 19.1 Å². The van der Waals surface area contributed by atoms with Crippen molar-refractivity contribution in [3.63, 3.8) is 0 Å². The van der Waals surface area contributed by atoms with Crippen molar-refractivity contribution in [2.75, 3.05) is 13.7 Å². The van der Waals surface area contributed by atoms with E-state index in [-0.39, 0.29) is 18.7 Å². The average molecular weight is 222 g/mol. The van der Waals surface area contributed by atoms with Gasteiger partial charge in [0, 0.05) is 18.7 Å². The lowest BCUT2D eigenvalue weighted by Gasteiger charge is -2.03. The summed E-state index contributed by atoms with van der Waals surface area (Å²) < 4.78 is 4.38. The second-order valence-corrected chi connectivity index (χ2v) is 3.26. The van der Waals surface area contributed by atoms with E-state index in [1.54, 1.807) is 12.1 Å². The first kappa shape index (κ1) is 12.2. The average Bonchev–Trinajstić information content (AvgIpc) is 2.28. The van der Waals surface area contributed by atoms with E-state index in [2.05, 4.69) is 15.0 Å². The third kappa shape index (κ3) is 3.68. The zero-order chi connectivity index (χ0) is 12.0. The Morgan fingerprint density at radius 1 is 1.44 bits per heavy atom. The third-order valence-corrected chi connectivity index (χ3v) is 1.98. The first-order valence-electron chi connectivity index (χ1n) is 4.92. The number of aryl methyl sites for hydroxylation is 1. The Labute approximate surface area is 93.8 Å². The number of ketones is 1. The number of methoxy groups -OCH3 is 1. The van der Waals surface area contributed by atoms with Gasteiger partial charge in [-0.3, -0.25) is 9.78 Å². The highest BCUT2D eigenvalue weighted by atomic mass is 16.5. The molecule has 5 heteroatoms. The van der Waals surface area contributed by atoms with Gasteiger partial charge in [0.05, 0.1) is 7.11 Å². The van der Waals surface area contributed by atoms with Gasteiger partial charge < -0.3 is 10.1 Å². The monoisotopic (exact) mass is 222 g/mol. The second-order valence-electron chi connectivity index (χ2n) is 3.26. The van der Waals surface area contributed by atoms with Gasteiger partial charge in [-0.1, -0.05) is 6.07 Å². The van der Waals surface area contributed by atoms with Crippen LogP contribution in [0, 0.1) is 6.92 Å². The standard InChI is InChI=1S/C11H14N2O3/c1-8-4-3-5-9(13-8)10(14)6-7-12-11(15)16-2/h3-5H,6-7H2,1-2H3,(H,12,15). The van der Waals surface area contributed by atoms with E-state index < -0.39 is 6.09 Å². The minimum absolute atomic E-state index is 0.0971. The molecule has 1 heterocycles. The first-order chi connectivity index (χ1) is 7.63. The quantitative estimate of drug-likeness (QED) is 0.780. The van der Waals surface area contributed by atoms with Gasteiger partial charge in [0.15, 0.2) is 5.78 Å². The minimum atomic E-state index is -0.537. The predicted octanol–water partition coefficient (Wildman–Crippen LogP) is 1.32. The summed E-state index contributed by atoms with van der Waals surface area (Å²) in [7, 11) is 1.28. The number of hydrogen-bond donors (Lipinski definition) is 1. The van der Waals surface area contributed by atoms with Gasteiger partial charge >= 0.3 is 6.09 Å². The zero-order valence-corrected chi connectivity index (χ0v) is 9.32. The van der Waals surface area contributed by atoms with Gasteiger partial charge in [0.25, 0.3) is 0 Å². The molecule has 16 heavy (non-hydrogen) atoms. The van der Waals surface area contributed by atoms with Crippen LogP contribution in [0.4, 0.5) is 4.79 Å². The van der Waals surface area contributed by atoms with E-state index in [1.807, 2.05) is 13.0 Å². The third-order valence-electron chi connectivity index (χ3n) is 1.98. The van der Waals surface area contributed by atoms with E-state index >= 15 is 0 Å². The summed E-state index contributed by atoms with van der Waals surface area (Å²) in [6, 6.07) is 5.26. The molecular formula is C11H14N2O3. The van der Waals surface area contributed by atoms with E-state index in [9.17, 15) is 9.59 Å². The van der Waals surface area contributed by atoms with Gasteiger partial charge in [-0.2, -0.15) is 0 Å². The fourth-order valence-electron chi connectivity index (χ4n) is 1.18. The lowest BCUT2D eigenvalue weighted by molar-refractivity contribution is 0.0977. The normalized spacial score (nSPS) is 9.62. The molecule has 0 saturated heterocycles. The molecule has 0 aliphatic carbocycles. The summed E-state index contributed by atoms with van der Waals surface area (Å²) in [4.78, 5) is 26.4. The number of ether oxygens (including phenoxy) is 1. The van der Waals surface area contributed by atoms with Crippen LogP contribution in [-0.2, 0) is 4.74 Å². The molecule has 1 aromatic heterocycles. The van der Waals surface area contributed by atoms with Gasteiger partial charge in [0.1, 0.15) is 5.69 Å². The van der Waals surface area contributed by atoms with Crippen molar-refractivity contribution >= 4 is 11.9 Å². The molecule has 5 nitrogen and oxygen atoms in total. The number of Topliss-reactive ketones (excluding diaryl/α,β-unsaturated/α-hetero) is 1. The van der Waals surface area contributed by atoms with Crippen LogP contribution in [0.2, 0.25) is 0 Å². The fraction of sp³-hybridized carbons (Fsp3) is 0.364. The molecule has 0 aliphatic rings. The molecule has 0 radical (unpaired) electrons. The number of carbonyl (C=O) groups is 2. The molecule has 1 N–H and O–H groups in total. The molecule has 0 atom stereocenters. The molecule has 0 fully saturated rings. The number of hydrogen-bond acceptors (Lipinski definition) is 4. The summed E-state index contributed by atoms with van der Waals surface area (Å²) >= 11 is 0. The Hall–Kier alpha value is -1.91.